The SMILES string of the molecule is Cc1ccc2c(n1)C(O)CCCC2. The van der Waals surface area contributed by atoms with Crippen LogP contribution in [0.25, 0.3) is 0 Å². The van der Waals surface area contributed by atoms with Crippen LogP contribution >= 0.6 is 0 Å². The normalized spacial score (nSPS) is 22.2. The molecule has 70 valence electrons. The van der Waals surface area contributed by atoms with Gasteiger partial charge in [-0.3, -0.25) is 4.98 Å². The van der Waals surface area contributed by atoms with Crippen LogP contribution in [-0.2, 0) is 6.42 Å². The van der Waals surface area contributed by atoms with E-state index in [9.17, 15) is 5.11 Å². The Labute approximate surface area is 78.6 Å². The molecule has 0 aliphatic heterocycles. The first-order chi connectivity index (χ1) is 6.27. The number of aryl methyl sites for hydroxylation is 2. The van der Waals surface area contributed by atoms with Gasteiger partial charge in [-0.05, 0) is 37.8 Å². The van der Waals surface area contributed by atoms with E-state index in [2.05, 4.69) is 11.1 Å². The van der Waals surface area contributed by atoms with Crippen LogP contribution in [0.2, 0.25) is 0 Å². The van der Waals surface area contributed by atoms with Gasteiger partial charge in [0.25, 0.3) is 0 Å². The topological polar surface area (TPSA) is 33.1 Å². The third-order valence-corrected chi connectivity index (χ3v) is 2.64. The second-order valence-electron chi connectivity index (χ2n) is 3.76. The Bertz CT molecular complexity index is 309. The van der Waals surface area contributed by atoms with Crippen LogP contribution in [0.1, 0.15) is 42.3 Å². The molecule has 0 amide bonds. The molecule has 1 aliphatic carbocycles. The fourth-order valence-electron chi connectivity index (χ4n) is 1.90. The van der Waals surface area contributed by atoms with Crippen molar-refractivity contribution in [3.63, 3.8) is 0 Å². The number of aliphatic hydroxyl groups is 1. The molecular weight excluding hydrogens is 162 g/mol. The molecule has 0 fully saturated rings. The molecule has 1 N–H and O–H groups in total. The van der Waals surface area contributed by atoms with Crippen molar-refractivity contribution in [2.24, 2.45) is 0 Å². The summed E-state index contributed by atoms with van der Waals surface area (Å²) >= 11 is 0. The van der Waals surface area contributed by atoms with Crippen molar-refractivity contribution in [3.8, 4) is 0 Å². The highest BCUT2D eigenvalue weighted by Crippen LogP contribution is 2.26. The lowest BCUT2D eigenvalue weighted by atomic mass is 10.1. The van der Waals surface area contributed by atoms with Gasteiger partial charge in [0.15, 0.2) is 0 Å². The Morgan fingerprint density at radius 1 is 1.38 bits per heavy atom. The van der Waals surface area contributed by atoms with Crippen LogP contribution < -0.4 is 0 Å². The molecule has 1 atom stereocenters. The molecule has 0 aromatic carbocycles. The molecule has 0 saturated heterocycles. The first kappa shape index (κ1) is 8.70. The lowest BCUT2D eigenvalue weighted by molar-refractivity contribution is 0.162. The van der Waals surface area contributed by atoms with Crippen molar-refractivity contribution in [2.45, 2.75) is 38.7 Å². The van der Waals surface area contributed by atoms with Gasteiger partial charge in [-0.25, -0.2) is 0 Å². The second-order valence-corrected chi connectivity index (χ2v) is 3.76. The molecule has 0 radical (unpaired) electrons. The van der Waals surface area contributed by atoms with E-state index in [0.717, 1.165) is 30.7 Å². The average molecular weight is 177 g/mol. The zero-order valence-electron chi connectivity index (χ0n) is 7.95. The standard InChI is InChI=1S/C11H15NO/c1-8-6-7-9-4-2-3-5-10(13)11(9)12-8/h6-7,10,13H,2-5H2,1H3. The highest BCUT2D eigenvalue weighted by Gasteiger charge is 2.17. The maximum atomic E-state index is 9.80. The van der Waals surface area contributed by atoms with E-state index in [1.165, 1.54) is 12.0 Å². The van der Waals surface area contributed by atoms with Crippen LogP contribution in [-0.4, -0.2) is 10.1 Å². The first-order valence-electron chi connectivity index (χ1n) is 4.92. The van der Waals surface area contributed by atoms with Gasteiger partial charge in [0.1, 0.15) is 0 Å². The summed E-state index contributed by atoms with van der Waals surface area (Å²) in [6, 6.07) is 4.13. The van der Waals surface area contributed by atoms with Gasteiger partial charge in [-0.2, -0.15) is 0 Å². The number of aromatic nitrogens is 1. The van der Waals surface area contributed by atoms with E-state index in [-0.39, 0.29) is 6.10 Å². The van der Waals surface area contributed by atoms with Crippen molar-refractivity contribution >= 4 is 0 Å². The van der Waals surface area contributed by atoms with Gasteiger partial charge < -0.3 is 5.11 Å². The van der Waals surface area contributed by atoms with Crippen LogP contribution in [0.15, 0.2) is 12.1 Å². The summed E-state index contributed by atoms with van der Waals surface area (Å²) in [4.78, 5) is 4.40. The van der Waals surface area contributed by atoms with E-state index in [1.807, 2.05) is 13.0 Å². The molecule has 13 heavy (non-hydrogen) atoms. The van der Waals surface area contributed by atoms with E-state index in [0.29, 0.717) is 0 Å². The Hall–Kier alpha value is -0.890. The van der Waals surface area contributed by atoms with Crippen molar-refractivity contribution in [2.75, 3.05) is 0 Å². The third kappa shape index (κ3) is 1.73. The summed E-state index contributed by atoms with van der Waals surface area (Å²) in [7, 11) is 0. The lowest BCUT2D eigenvalue weighted by Crippen LogP contribution is -2.03. The van der Waals surface area contributed by atoms with Crippen LogP contribution in [0.5, 0.6) is 0 Å². The zero-order valence-corrected chi connectivity index (χ0v) is 7.95. The smallest absolute Gasteiger partial charge is 0.0962 e. The minimum absolute atomic E-state index is 0.336. The molecule has 1 heterocycles. The molecule has 1 unspecified atom stereocenters. The number of hydrogen-bond donors (Lipinski definition) is 1. The van der Waals surface area contributed by atoms with Gasteiger partial charge in [-0.1, -0.05) is 12.5 Å². The van der Waals surface area contributed by atoms with E-state index in [1.54, 1.807) is 0 Å². The van der Waals surface area contributed by atoms with Crippen LogP contribution in [0.3, 0.4) is 0 Å². The molecule has 1 aromatic rings. The highest BCUT2D eigenvalue weighted by atomic mass is 16.3. The van der Waals surface area contributed by atoms with E-state index in [4.69, 9.17) is 0 Å². The lowest BCUT2D eigenvalue weighted by Gasteiger charge is -2.10. The Morgan fingerprint density at radius 3 is 3.08 bits per heavy atom. The molecule has 1 aliphatic rings. The molecule has 1 aromatic heterocycles. The monoisotopic (exact) mass is 177 g/mol. The molecule has 0 bridgehead atoms. The minimum Gasteiger partial charge on any atom is -0.387 e. The molecular formula is C11H15NO. The first-order valence-corrected chi connectivity index (χ1v) is 4.92. The number of aliphatic hydroxyl groups excluding tert-OH is 1. The summed E-state index contributed by atoms with van der Waals surface area (Å²) in [6.07, 6.45) is 3.88. The average Bonchev–Trinajstić information content (AvgIpc) is 2.29. The Morgan fingerprint density at radius 2 is 2.23 bits per heavy atom. The van der Waals surface area contributed by atoms with Gasteiger partial charge in [0, 0.05) is 5.69 Å². The fourth-order valence-corrected chi connectivity index (χ4v) is 1.90. The molecule has 2 heteroatoms. The van der Waals surface area contributed by atoms with Gasteiger partial charge in [0.2, 0.25) is 0 Å². The maximum Gasteiger partial charge on any atom is 0.0962 e. The summed E-state index contributed by atoms with van der Waals surface area (Å²) in [5.74, 6) is 0. The van der Waals surface area contributed by atoms with Gasteiger partial charge in [-0.15, -0.1) is 0 Å². The minimum atomic E-state index is -0.336. The third-order valence-electron chi connectivity index (χ3n) is 2.64. The number of pyridine rings is 1. The number of hydrogen-bond acceptors (Lipinski definition) is 2. The summed E-state index contributed by atoms with van der Waals surface area (Å²) < 4.78 is 0. The molecule has 0 spiro atoms. The number of fused-ring (bicyclic) bond motifs is 1. The van der Waals surface area contributed by atoms with E-state index < -0.39 is 0 Å². The van der Waals surface area contributed by atoms with Crippen LogP contribution in [0, 0.1) is 6.92 Å². The molecule has 2 rings (SSSR count). The highest BCUT2D eigenvalue weighted by molar-refractivity contribution is 5.25. The van der Waals surface area contributed by atoms with Gasteiger partial charge in [0.05, 0.1) is 11.8 Å². The summed E-state index contributed by atoms with van der Waals surface area (Å²) in [5.41, 5.74) is 3.15. The Kier molecular flexibility index (Phi) is 2.32. The molecule has 0 saturated carbocycles. The van der Waals surface area contributed by atoms with Gasteiger partial charge >= 0.3 is 0 Å². The van der Waals surface area contributed by atoms with E-state index >= 15 is 0 Å². The Balaban J connectivity index is 2.43. The number of nitrogens with zero attached hydrogens (tertiary/aromatic N) is 1. The largest absolute Gasteiger partial charge is 0.387 e. The predicted molar refractivity (Wildman–Crippen MR) is 51.5 cm³/mol. The van der Waals surface area contributed by atoms with Crippen molar-refractivity contribution in [3.05, 3.63) is 29.1 Å². The van der Waals surface area contributed by atoms with Crippen molar-refractivity contribution in [1.29, 1.82) is 0 Å². The van der Waals surface area contributed by atoms with Crippen LogP contribution in [0.4, 0.5) is 0 Å². The predicted octanol–water partition coefficient (Wildman–Crippen LogP) is 2.15. The van der Waals surface area contributed by atoms with Crippen molar-refractivity contribution in [1.82, 2.24) is 4.98 Å². The quantitative estimate of drug-likeness (QED) is 0.616. The number of rotatable bonds is 0. The molecule has 2 nitrogen and oxygen atoms in total. The maximum absolute atomic E-state index is 9.80. The fraction of sp³-hybridized carbons (Fsp3) is 0.545. The summed E-state index contributed by atoms with van der Waals surface area (Å²) in [5, 5.41) is 9.80. The summed E-state index contributed by atoms with van der Waals surface area (Å²) in [6.45, 7) is 1.97. The second kappa shape index (κ2) is 3.46. The van der Waals surface area contributed by atoms with Crippen molar-refractivity contribution < 1.29 is 5.11 Å². The zero-order chi connectivity index (χ0) is 9.26.